The summed E-state index contributed by atoms with van der Waals surface area (Å²) in [4.78, 5) is 11.7. The minimum atomic E-state index is -0.548. The molecule has 0 bridgehead atoms. The van der Waals surface area contributed by atoms with E-state index in [1.807, 2.05) is 0 Å². The van der Waals surface area contributed by atoms with E-state index in [9.17, 15) is 9.18 Å². The Hall–Kier alpha value is -2.76. The molecule has 6 heteroatoms. The maximum Gasteiger partial charge on any atom is 0.262 e. The van der Waals surface area contributed by atoms with E-state index in [1.54, 1.807) is 24.3 Å². The smallest absolute Gasteiger partial charge is 0.262 e. The number of benzene rings is 2. The Morgan fingerprint density at radius 3 is 2.76 bits per heavy atom. The average Bonchev–Trinajstić information content (AvgIpc) is 2.47. The summed E-state index contributed by atoms with van der Waals surface area (Å²) < 4.78 is 23.8. The first-order valence-corrected chi connectivity index (χ1v) is 6.20. The molecule has 0 atom stereocenters. The maximum atomic E-state index is 13.6. The topological polar surface area (TPSA) is 73.6 Å². The normalized spacial score (nSPS) is 10.0. The van der Waals surface area contributed by atoms with Crippen LogP contribution >= 0.6 is 0 Å². The summed E-state index contributed by atoms with van der Waals surface area (Å²) in [6.45, 7) is -0.250. The number of nitrogens with one attached hydrogen (secondary N) is 1. The molecule has 1 amide bonds. The van der Waals surface area contributed by atoms with Crippen LogP contribution in [0.15, 0.2) is 42.5 Å². The summed E-state index contributed by atoms with van der Waals surface area (Å²) in [6, 6.07) is 10.8. The molecule has 0 fully saturated rings. The number of ether oxygens (including phenoxy) is 2. The highest BCUT2D eigenvalue weighted by molar-refractivity contribution is 5.92. The van der Waals surface area contributed by atoms with Crippen molar-refractivity contribution >= 4 is 17.3 Å². The Bertz CT molecular complexity index is 647. The zero-order chi connectivity index (χ0) is 15.2. The molecule has 0 saturated carbocycles. The predicted molar refractivity (Wildman–Crippen MR) is 77.9 cm³/mol. The Balaban J connectivity index is 1.96. The van der Waals surface area contributed by atoms with Crippen molar-refractivity contribution < 1.29 is 18.7 Å². The summed E-state index contributed by atoms with van der Waals surface area (Å²) in [5.74, 6) is -0.114. The van der Waals surface area contributed by atoms with Crippen LogP contribution in [0.1, 0.15) is 0 Å². The number of methoxy groups -OCH3 is 1. The van der Waals surface area contributed by atoms with Crippen molar-refractivity contribution in [2.24, 2.45) is 0 Å². The third-order valence-corrected chi connectivity index (χ3v) is 2.68. The maximum absolute atomic E-state index is 13.6. The number of halogens is 1. The number of anilines is 2. The molecule has 0 aliphatic rings. The third-order valence-electron chi connectivity index (χ3n) is 2.68. The molecule has 0 heterocycles. The van der Waals surface area contributed by atoms with Crippen LogP contribution in [0.3, 0.4) is 0 Å². The molecule has 0 saturated heterocycles. The highest BCUT2D eigenvalue weighted by atomic mass is 19.1. The molecule has 2 rings (SSSR count). The Morgan fingerprint density at radius 2 is 2.05 bits per heavy atom. The zero-order valence-electron chi connectivity index (χ0n) is 11.4. The van der Waals surface area contributed by atoms with Crippen molar-refractivity contribution in [2.45, 2.75) is 0 Å². The molecular formula is C15H15FN2O3. The van der Waals surface area contributed by atoms with Gasteiger partial charge in [0.15, 0.2) is 6.61 Å². The molecule has 0 aliphatic carbocycles. The second-order valence-electron chi connectivity index (χ2n) is 4.26. The van der Waals surface area contributed by atoms with Crippen LogP contribution in [0, 0.1) is 5.82 Å². The second-order valence-corrected chi connectivity index (χ2v) is 4.26. The third kappa shape index (κ3) is 4.10. The average molecular weight is 290 g/mol. The number of hydrogen-bond acceptors (Lipinski definition) is 4. The molecule has 0 aliphatic heterocycles. The molecule has 21 heavy (non-hydrogen) atoms. The summed E-state index contributed by atoms with van der Waals surface area (Å²) in [5.41, 5.74) is 6.17. The number of carbonyl (C=O) groups excluding carboxylic acids is 1. The van der Waals surface area contributed by atoms with Crippen LogP contribution in [0.2, 0.25) is 0 Å². The van der Waals surface area contributed by atoms with E-state index in [0.29, 0.717) is 17.2 Å². The van der Waals surface area contributed by atoms with E-state index in [1.165, 1.54) is 25.3 Å². The predicted octanol–water partition coefficient (Wildman–Crippen LogP) is 2.43. The van der Waals surface area contributed by atoms with Crippen molar-refractivity contribution in [3.8, 4) is 11.5 Å². The molecule has 0 spiro atoms. The van der Waals surface area contributed by atoms with Gasteiger partial charge in [-0.3, -0.25) is 4.79 Å². The van der Waals surface area contributed by atoms with Crippen molar-refractivity contribution in [3.63, 3.8) is 0 Å². The molecule has 5 nitrogen and oxygen atoms in total. The van der Waals surface area contributed by atoms with Crippen molar-refractivity contribution in [2.75, 3.05) is 24.8 Å². The van der Waals surface area contributed by atoms with Gasteiger partial charge in [0.1, 0.15) is 17.3 Å². The minimum absolute atomic E-state index is 0.0375. The fourth-order valence-corrected chi connectivity index (χ4v) is 1.67. The van der Waals surface area contributed by atoms with Gasteiger partial charge in [-0.05, 0) is 24.3 Å². The number of carbonyl (C=O) groups is 1. The summed E-state index contributed by atoms with van der Waals surface area (Å²) in [6.07, 6.45) is 0. The van der Waals surface area contributed by atoms with E-state index in [4.69, 9.17) is 15.2 Å². The fourth-order valence-electron chi connectivity index (χ4n) is 1.67. The highest BCUT2D eigenvalue weighted by Crippen LogP contribution is 2.21. The lowest BCUT2D eigenvalue weighted by Gasteiger charge is -2.09. The number of nitrogens with two attached hydrogens (primary N) is 1. The Morgan fingerprint density at radius 1 is 1.24 bits per heavy atom. The molecule has 0 radical (unpaired) electrons. The van der Waals surface area contributed by atoms with Crippen molar-refractivity contribution in [1.82, 2.24) is 0 Å². The fraction of sp³-hybridized carbons (Fsp3) is 0.133. The summed E-state index contributed by atoms with van der Waals surface area (Å²) in [7, 11) is 1.46. The first-order valence-electron chi connectivity index (χ1n) is 6.20. The molecule has 110 valence electrons. The van der Waals surface area contributed by atoms with Gasteiger partial charge in [-0.2, -0.15) is 0 Å². The van der Waals surface area contributed by atoms with Crippen LogP contribution in [0.5, 0.6) is 11.5 Å². The highest BCUT2D eigenvalue weighted by Gasteiger charge is 2.09. The van der Waals surface area contributed by atoms with Gasteiger partial charge in [0.25, 0.3) is 5.91 Å². The minimum Gasteiger partial charge on any atom is -0.497 e. The number of amides is 1. The van der Waals surface area contributed by atoms with Gasteiger partial charge in [-0.15, -0.1) is 0 Å². The van der Waals surface area contributed by atoms with Gasteiger partial charge in [0.05, 0.1) is 12.8 Å². The van der Waals surface area contributed by atoms with Crippen LogP contribution < -0.4 is 20.5 Å². The van der Waals surface area contributed by atoms with Crippen LogP contribution in [0.4, 0.5) is 15.8 Å². The molecule has 2 aromatic carbocycles. The molecule has 2 aromatic rings. The monoisotopic (exact) mass is 290 g/mol. The number of hydrogen-bond donors (Lipinski definition) is 2. The van der Waals surface area contributed by atoms with E-state index < -0.39 is 11.7 Å². The summed E-state index contributed by atoms with van der Waals surface area (Å²) in [5, 5.41) is 2.42. The number of nitrogen functional groups attached to an aromatic ring is 1. The Kier molecular flexibility index (Phi) is 4.61. The van der Waals surface area contributed by atoms with Gasteiger partial charge in [0, 0.05) is 17.8 Å². The summed E-state index contributed by atoms with van der Waals surface area (Å²) >= 11 is 0. The number of rotatable bonds is 5. The lowest BCUT2D eigenvalue weighted by atomic mass is 10.3. The molecule has 0 aromatic heterocycles. The Labute approximate surface area is 121 Å². The molecule has 3 N–H and O–H groups in total. The first kappa shape index (κ1) is 14.6. The lowest BCUT2D eigenvalue weighted by molar-refractivity contribution is -0.118. The van der Waals surface area contributed by atoms with Crippen LogP contribution in [0.25, 0.3) is 0 Å². The van der Waals surface area contributed by atoms with Crippen LogP contribution in [-0.4, -0.2) is 19.6 Å². The van der Waals surface area contributed by atoms with Crippen molar-refractivity contribution in [1.29, 1.82) is 0 Å². The van der Waals surface area contributed by atoms with E-state index in [-0.39, 0.29) is 12.3 Å². The first-order chi connectivity index (χ1) is 10.1. The SMILES string of the molecule is COc1ccc(F)c(NC(=O)COc2cccc(N)c2)c1. The van der Waals surface area contributed by atoms with Gasteiger partial charge < -0.3 is 20.5 Å². The molecular weight excluding hydrogens is 275 g/mol. The van der Waals surface area contributed by atoms with Crippen molar-refractivity contribution in [3.05, 3.63) is 48.3 Å². The largest absolute Gasteiger partial charge is 0.497 e. The van der Waals surface area contributed by atoms with E-state index in [2.05, 4.69) is 5.32 Å². The van der Waals surface area contributed by atoms with E-state index in [0.717, 1.165) is 0 Å². The van der Waals surface area contributed by atoms with Gasteiger partial charge >= 0.3 is 0 Å². The second kappa shape index (κ2) is 6.60. The van der Waals surface area contributed by atoms with Gasteiger partial charge in [0.2, 0.25) is 0 Å². The van der Waals surface area contributed by atoms with Crippen LogP contribution in [-0.2, 0) is 4.79 Å². The quantitative estimate of drug-likeness (QED) is 0.829. The lowest BCUT2D eigenvalue weighted by Crippen LogP contribution is -2.20. The van der Waals surface area contributed by atoms with Gasteiger partial charge in [-0.25, -0.2) is 4.39 Å². The standard InChI is InChI=1S/C15H15FN2O3/c1-20-11-5-6-13(16)14(8-11)18-15(19)9-21-12-4-2-3-10(17)7-12/h2-8H,9,17H2,1H3,(H,18,19). The zero-order valence-corrected chi connectivity index (χ0v) is 11.4. The van der Waals surface area contributed by atoms with Gasteiger partial charge in [-0.1, -0.05) is 6.07 Å². The molecule has 0 unspecified atom stereocenters. The van der Waals surface area contributed by atoms with E-state index >= 15 is 0 Å².